The first-order valence-electron chi connectivity index (χ1n) is 10.5. The molecule has 0 atom stereocenters. The highest BCUT2D eigenvalue weighted by atomic mass is 16.5. The maximum Gasteiger partial charge on any atom is 0.338 e. The molecule has 0 radical (unpaired) electrons. The van der Waals surface area contributed by atoms with Crippen LogP contribution in [0.2, 0.25) is 0 Å². The number of hydrogen-bond acceptors (Lipinski definition) is 6. The minimum absolute atomic E-state index is 0.228. The first-order valence-corrected chi connectivity index (χ1v) is 10.5. The Bertz CT molecular complexity index is 1550. The molecule has 2 aromatic carbocycles. The predicted octanol–water partition coefficient (Wildman–Crippen LogP) is 2.75. The second kappa shape index (κ2) is 9.03. The van der Waals surface area contributed by atoms with Crippen molar-refractivity contribution < 1.29 is 9.53 Å². The Kier molecular flexibility index (Phi) is 5.97. The van der Waals surface area contributed by atoms with E-state index >= 15 is 0 Å². The van der Waals surface area contributed by atoms with E-state index in [1.54, 1.807) is 79.3 Å². The average molecular weight is 455 g/mol. The molecule has 0 aliphatic rings. The van der Waals surface area contributed by atoms with Gasteiger partial charge in [-0.2, -0.15) is 10.4 Å². The minimum Gasteiger partial charge on any atom is -0.462 e. The fraction of sp³-hybridized carbons (Fsp3) is 0.160. The van der Waals surface area contributed by atoms with Crippen molar-refractivity contribution >= 4 is 5.97 Å². The van der Waals surface area contributed by atoms with Gasteiger partial charge in [-0.05, 0) is 62.4 Å². The Morgan fingerprint density at radius 2 is 1.82 bits per heavy atom. The molecule has 0 N–H and O–H groups in total. The molecule has 0 aliphatic carbocycles. The summed E-state index contributed by atoms with van der Waals surface area (Å²) in [5.74, 6) is -0.501. The molecule has 0 saturated heterocycles. The first kappa shape index (κ1) is 22.5. The van der Waals surface area contributed by atoms with E-state index in [4.69, 9.17) is 10.00 Å². The molecular weight excluding hydrogens is 434 g/mol. The molecule has 2 aromatic heterocycles. The summed E-state index contributed by atoms with van der Waals surface area (Å²) in [6, 6.07) is 17.0. The number of benzene rings is 2. The molecule has 0 spiro atoms. The highest BCUT2D eigenvalue weighted by Gasteiger charge is 2.21. The third kappa shape index (κ3) is 3.82. The van der Waals surface area contributed by atoms with Gasteiger partial charge in [0.25, 0.3) is 5.56 Å². The van der Waals surface area contributed by atoms with E-state index in [0.717, 1.165) is 4.57 Å². The van der Waals surface area contributed by atoms with Crippen LogP contribution in [0.4, 0.5) is 0 Å². The molecule has 0 aliphatic heterocycles. The highest BCUT2D eigenvalue weighted by molar-refractivity contribution is 5.90. The molecule has 9 nitrogen and oxygen atoms in total. The van der Waals surface area contributed by atoms with Gasteiger partial charge in [-0.15, -0.1) is 0 Å². The zero-order chi connectivity index (χ0) is 24.4. The fourth-order valence-corrected chi connectivity index (χ4v) is 3.78. The maximum absolute atomic E-state index is 13.2. The molecule has 4 rings (SSSR count). The van der Waals surface area contributed by atoms with Crippen LogP contribution < -0.4 is 11.2 Å². The minimum atomic E-state index is -0.545. The molecule has 4 aromatic rings. The third-order valence-electron chi connectivity index (χ3n) is 5.45. The summed E-state index contributed by atoms with van der Waals surface area (Å²) in [5, 5.41) is 13.4. The van der Waals surface area contributed by atoms with E-state index in [1.807, 2.05) is 0 Å². The summed E-state index contributed by atoms with van der Waals surface area (Å²) >= 11 is 0. The second-order valence-electron chi connectivity index (χ2n) is 7.50. The van der Waals surface area contributed by atoms with Crippen LogP contribution in [0, 0.1) is 18.3 Å². The molecule has 2 heterocycles. The Hall–Kier alpha value is -4.71. The summed E-state index contributed by atoms with van der Waals surface area (Å²) in [4.78, 5) is 38.6. The van der Waals surface area contributed by atoms with Crippen molar-refractivity contribution in [1.29, 1.82) is 5.26 Å². The van der Waals surface area contributed by atoms with Crippen LogP contribution in [0.15, 0.2) is 70.4 Å². The van der Waals surface area contributed by atoms with Crippen LogP contribution in [0.25, 0.3) is 22.6 Å². The summed E-state index contributed by atoms with van der Waals surface area (Å²) in [6.07, 6.45) is 1.56. The molecule has 0 saturated carbocycles. The summed E-state index contributed by atoms with van der Waals surface area (Å²) in [7, 11) is 1.40. The number of carbonyl (C=O) groups is 1. The van der Waals surface area contributed by atoms with Crippen LogP contribution >= 0.6 is 0 Å². The molecule has 0 amide bonds. The quantitative estimate of drug-likeness (QED) is 0.428. The van der Waals surface area contributed by atoms with Crippen molar-refractivity contribution in [3.05, 3.63) is 98.5 Å². The van der Waals surface area contributed by atoms with Crippen molar-refractivity contribution in [2.45, 2.75) is 13.8 Å². The van der Waals surface area contributed by atoms with E-state index in [9.17, 15) is 14.4 Å². The van der Waals surface area contributed by atoms with Gasteiger partial charge in [0.15, 0.2) is 0 Å². The van der Waals surface area contributed by atoms with Gasteiger partial charge in [-0.1, -0.05) is 6.07 Å². The third-order valence-corrected chi connectivity index (χ3v) is 5.45. The lowest BCUT2D eigenvalue weighted by Crippen LogP contribution is -2.40. The van der Waals surface area contributed by atoms with Crippen LogP contribution in [-0.2, 0) is 11.8 Å². The number of nitriles is 1. The predicted molar refractivity (Wildman–Crippen MR) is 125 cm³/mol. The maximum atomic E-state index is 13.2. The number of nitrogens with zero attached hydrogens (tertiary/aromatic N) is 5. The molecule has 0 fully saturated rings. The Balaban J connectivity index is 1.94. The zero-order valence-corrected chi connectivity index (χ0v) is 18.8. The lowest BCUT2D eigenvalue weighted by atomic mass is 10.1. The van der Waals surface area contributed by atoms with Crippen molar-refractivity contribution in [2.24, 2.45) is 7.05 Å². The molecule has 0 unspecified atom stereocenters. The first-order chi connectivity index (χ1) is 16.4. The van der Waals surface area contributed by atoms with E-state index in [0.29, 0.717) is 33.9 Å². The largest absolute Gasteiger partial charge is 0.462 e. The zero-order valence-electron chi connectivity index (χ0n) is 18.8. The number of carbonyl (C=O) groups excluding carboxylic acids is 1. The number of aromatic nitrogens is 4. The monoisotopic (exact) mass is 455 g/mol. The van der Waals surface area contributed by atoms with Gasteiger partial charge in [-0.25, -0.2) is 14.3 Å². The van der Waals surface area contributed by atoms with Crippen LogP contribution in [-0.4, -0.2) is 31.5 Å². The smallest absolute Gasteiger partial charge is 0.338 e. The Morgan fingerprint density at radius 1 is 1.09 bits per heavy atom. The van der Waals surface area contributed by atoms with Crippen molar-refractivity contribution in [1.82, 2.24) is 18.9 Å². The van der Waals surface area contributed by atoms with E-state index in [-0.39, 0.29) is 12.2 Å². The van der Waals surface area contributed by atoms with E-state index < -0.39 is 17.2 Å². The van der Waals surface area contributed by atoms with Gasteiger partial charge in [0.05, 0.1) is 52.6 Å². The second-order valence-corrected chi connectivity index (χ2v) is 7.50. The molecule has 9 heteroatoms. The molecular formula is C25H21N5O4. The molecule has 34 heavy (non-hydrogen) atoms. The van der Waals surface area contributed by atoms with Crippen molar-refractivity contribution in [3.8, 4) is 28.7 Å². The van der Waals surface area contributed by atoms with Crippen molar-refractivity contribution in [2.75, 3.05) is 6.61 Å². The standard InChI is InChI=1S/C25H21N5O4/c1-4-34-24(32)18-6-5-7-20(14-18)29-16(2)22(23(31)28(3)25(29)33)21-12-13-27-30(21)19-10-8-17(15-26)9-11-19/h5-14H,4H2,1-3H3. The number of ether oxygens (including phenoxy) is 1. The summed E-state index contributed by atoms with van der Waals surface area (Å²) in [5.41, 5.74) is 2.01. The number of rotatable bonds is 5. The topological polar surface area (TPSA) is 112 Å². The molecule has 170 valence electrons. The van der Waals surface area contributed by atoms with E-state index in [2.05, 4.69) is 11.2 Å². The van der Waals surface area contributed by atoms with Gasteiger partial charge in [0, 0.05) is 12.7 Å². The van der Waals surface area contributed by atoms with Gasteiger partial charge < -0.3 is 4.74 Å². The normalized spacial score (nSPS) is 10.6. The fourth-order valence-electron chi connectivity index (χ4n) is 3.78. The number of esters is 1. The summed E-state index contributed by atoms with van der Waals surface area (Å²) in [6.45, 7) is 3.61. The van der Waals surface area contributed by atoms with E-state index in [1.165, 1.54) is 11.6 Å². The van der Waals surface area contributed by atoms with Crippen LogP contribution in [0.3, 0.4) is 0 Å². The SMILES string of the molecule is CCOC(=O)c1cccc(-n2c(C)c(-c3ccnn3-c3ccc(C#N)cc3)c(=O)n(C)c2=O)c1. The van der Waals surface area contributed by atoms with Crippen molar-refractivity contribution in [3.63, 3.8) is 0 Å². The lowest BCUT2D eigenvalue weighted by Gasteiger charge is -2.17. The summed E-state index contributed by atoms with van der Waals surface area (Å²) < 4.78 is 9.06. The Labute approximate surface area is 194 Å². The van der Waals surface area contributed by atoms with Crippen LogP contribution in [0.1, 0.15) is 28.5 Å². The number of hydrogen-bond donors (Lipinski definition) is 0. The average Bonchev–Trinajstić information content (AvgIpc) is 3.32. The Morgan fingerprint density at radius 3 is 2.50 bits per heavy atom. The lowest BCUT2D eigenvalue weighted by molar-refractivity contribution is 0.0526. The highest BCUT2D eigenvalue weighted by Crippen LogP contribution is 2.24. The van der Waals surface area contributed by atoms with Gasteiger partial charge in [-0.3, -0.25) is 13.9 Å². The van der Waals surface area contributed by atoms with Gasteiger partial charge in [0.2, 0.25) is 0 Å². The van der Waals surface area contributed by atoms with Gasteiger partial charge >= 0.3 is 11.7 Å². The van der Waals surface area contributed by atoms with Crippen LogP contribution in [0.5, 0.6) is 0 Å². The molecule has 0 bridgehead atoms. The van der Waals surface area contributed by atoms with Gasteiger partial charge in [0.1, 0.15) is 0 Å².